The molecule has 0 aromatic carbocycles. The van der Waals surface area contributed by atoms with Gasteiger partial charge in [0.2, 0.25) is 5.96 Å². The van der Waals surface area contributed by atoms with Crippen molar-refractivity contribution in [3.63, 3.8) is 0 Å². The first-order valence-electron chi connectivity index (χ1n) is 10.2. The average molecular weight is 462 g/mol. The highest BCUT2D eigenvalue weighted by Crippen LogP contribution is 2.22. The standard InChI is InChI=1S/C21H39N3O8/c1-19(2,3)31-17(26)22-16(23(7)8)24(18(27)32-20(4,5)6)14-12-13-21(29-10,30-11)15(25)28-9/h12-14H2,1-11H3. The summed E-state index contributed by atoms with van der Waals surface area (Å²) in [7, 11) is 7.12. The molecule has 0 heterocycles. The number of carbonyl (C=O) groups is 3. The van der Waals surface area contributed by atoms with E-state index in [9.17, 15) is 14.4 Å². The highest BCUT2D eigenvalue weighted by Gasteiger charge is 2.40. The number of carbonyl (C=O) groups excluding carboxylic acids is 3. The first kappa shape index (κ1) is 29.6. The van der Waals surface area contributed by atoms with Gasteiger partial charge in [-0.1, -0.05) is 0 Å². The van der Waals surface area contributed by atoms with Crippen molar-refractivity contribution in [2.45, 2.75) is 71.4 Å². The van der Waals surface area contributed by atoms with Crippen LogP contribution in [-0.2, 0) is 28.5 Å². The van der Waals surface area contributed by atoms with Gasteiger partial charge in [-0.15, -0.1) is 4.99 Å². The van der Waals surface area contributed by atoms with Crippen LogP contribution in [0.15, 0.2) is 4.99 Å². The summed E-state index contributed by atoms with van der Waals surface area (Å²) in [5.41, 5.74) is -1.54. The minimum Gasteiger partial charge on any atom is -0.465 e. The van der Waals surface area contributed by atoms with E-state index in [0.717, 1.165) is 0 Å². The van der Waals surface area contributed by atoms with Gasteiger partial charge in [0.1, 0.15) is 11.2 Å². The third kappa shape index (κ3) is 9.82. The van der Waals surface area contributed by atoms with E-state index in [1.165, 1.54) is 31.1 Å². The van der Waals surface area contributed by atoms with Crippen LogP contribution in [0.25, 0.3) is 0 Å². The SMILES string of the molecule is COC(=O)C(CCCN(C(=O)OC(C)(C)C)C(=NC(=O)OC(C)(C)C)N(C)C)(OC)OC. The number of aliphatic imine (C=N–C) groups is 1. The Balaban J connectivity index is 5.91. The van der Waals surface area contributed by atoms with Gasteiger partial charge in [-0.25, -0.2) is 19.3 Å². The molecule has 0 bridgehead atoms. The number of hydrogen-bond acceptors (Lipinski definition) is 8. The lowest BCUT2D eigenvalue weighted by molar-refractivity contribution is -0.230. The zero-order valence-electron chi connectivity index (χ0n) is 21.2. The largest absolute Gasteiger partial charge is 0.465 e. The van der Waals surface area contributed by atoms with Crippen LogP contribution in [-0.4, -0.2) is 92.9 Å². The summed E-state index contributed by atoms with van der Waals surface area (Å²) < 4.78 is 26.0. The average Bonchev–Trinajstić information content (AvgIpc) is 2.63. The van der Waals surface area contributed by atoms with Gasteiger partial charge in [0.15, 0.2) is 0 Å². The number of amides is 2. The molecular formula is C21H39N3O8. The molecule has 0 fully saturated rings. The molecule has 0 rings (SSSR count). The van der Waals surface area contributed by atoms with Crippen molar-refractivity contribution in [2.24, 2.45) is 4.99 Å². The number of nitrogens with zero attached hydrogens (tertiary/aromatic N) is 3. The zero-order chi connectivity index (χ0) is 25.3. The van der Waals surface area contributed by atoms with E-state index in [-0.39, 0.29) is 25.3 Å². The minimum atomic E-state index is -1.63. The van der Waals surface area contributed by atoms with Crippen molar-refractivity contribution in [1.29, 1.82) is 0 Å². The van der Waals surface area contributed by atoms with Gasteiger partial charge in [0.05, 0.1) is 7.11 Å². The highest BCUT2D eigenvalue weighted by molar-refractivity contribution is 5.98. The van der Waals surface area contributed by atoms with Crippen molar-refractivity contribution < 1.29 is 38.1 Å². The zero-order valence-corrected chi connectivity index (χ0v) is 21.2. The molecule has 0 aliphatic heterocycles. The van der Waals surface area contributed by atoms with Crippen molar-refractivity contribution in [2.75, 3.05) is 42.0 Å². The Kier molecular flexibility index (Phi) is 11.1. The monoisotopic (exact) mass is 461 g/mol. The van der Waals surface area contributed by atoms with E-state index in [2.05, 4.69) is 4.99 Å². The molecule has 11 nitrogen and oxygen atoms in total. The molecule has 0 atom stereocenters. The Labute approximate surface area is 191 Å². The summed E-state index contributed by atoms with van der Waals surface area (Å²) in [4.78, 5) is 44.1. The fraction of sp³-hybridized carbons (Fsp3) is 0.810. The molecule has 0 N–H and O–H groups in total. The molecule has 0 radical (unpaired) electrons. The van der Waals surface area contributed by atoms with Crippen LogP contribution in [0.5, 0.6) is 0 Å². The Morgan fingerprint density at radius 1 is 0.844 bits per heavy atom. The molecule has 186 valence electrons. The third-order valence-electron chi connectivity index (χ3n) is 3.88. The summed E-state index contributed by atoms with van der Waals surface area (Å²) >= 11 is 0. The van der Waals surface area contributed by atoms with Crippen LogP contribution in [0.2, 0.25) is 0 Å². The smallest absolute Gasteiger partial charge is 0.437 e. The van der Waals surface area contributed by atoms with E-state index >= 15 is 0 Å². The second kappa shape index (κ2) is 12.0. The normalized spacial score (nSPS) is 12.8. The van der Waals surface area contributed by atoms with Crippen molar-refractivity contribution in [3.8, 4) is 0 Å². The van der Waals surface area contributed by atoms with Gasteiger partial charge in [-0.3, -0.25) is 0 Å². The third-order valence-corrected chi connectivity index (χ3v) is 3.88. The second-order valence-corrected chi connectivity index (χ2v) is 9.17. The molecule has 0 aliphatic rings. The van der Waals surface area contributed by atoms with Crippen molar-refractivity contribution in [3.05, 3.63) is 0 Å². The predicted octanol–water partition coefficient (Wildman–Crippen LogP) is 3.02. The lowest BCUT2D eigenvalue weighted by atomic mass is 10.1. The molecule has 0 unspecified atom stereocenters. The molecule has 11 heteroatoms. The minimum absolute atomic E-state index is 0.0204. The Bertz CT molecular complexity index is 674. The quantitative estimate of drug-likeness (QED) is 0.185. The maximum Gasteiger partial charge on any atom is 0.437 e. The number of hydrogen-bond donors (Lipinski definition) is 0. The first-order valence-corrected chi connectivity index (χ1v) is 10.2. The van der Waals surface area contributed by atoms with Gasteiger partial charge in [0, 0.05) is 41.3 Å². The molecule has 0 aromatic heterocycles. The summed E-state index contributed by atoms with van der Waals surface area (Å²) in [5.74, 6) is -2.32. The molecule has 0 saturated carbocycles. The van der Waals surface area contributed by atoms with Crippen LogP contribution in [0.4, 0.5) is 9.59 Å². The van der Waals surface area contributed by atoms with Gasteiger partial charge in [-0.05, 0) is 48.0 Å². The number of esters is 1. The number of guanidine groups is 1. The highest BCUT2D eigenvalue weighted by atomic mass is 16.7. The molecular weight excluding hydrogens is 422 g/mol. The fourth-order valence-corrected chi connectivity index (χ4v) is 2.54. The summed E-state index contributed by atoms with van der Waals surface area (Å²) in [6, 6.07) is 0. The molecule has 2 amide bonds. The van der Waals surface area contributed by atoms with Crippen molar-refractivity contribution >= 4 is 24.1 Å². The number of methoxy groups -OCH3 is 3. The molecule has 32 heavy (non-hydrogen) atoms. The number of ether oxygens (including phenoxy) is 5. The van der Waals surface area contributed by atoms with Gasteiger partial charge >= 0.3 is 18.2 Å². The Hall–Kier alpha value is -2.40. The van der Waals surface area contributed by atoms with Gasteiger partial charge in [-0.2, -0.15) is 0 Å². The summed E-state index contributed by atoms with van der Waals surface area (Å²) in [5, 5.41) is 0. The van der Waals surface area contributed by atoms with E-state index in [1.807, 2.05) is 0 Å². The second-order valence-electron chi connectivity index (χ2n) is 9.17. The molecule has 0 aromatic rings. The number of rotatable bonds is 7. The maximum absolute atomic E-state index is 12.9. The van der Waals surface area contributed by atoms with Crippen molar-refractivity contribution in [1.82, 2.24) is 9.80 Å². The summed E-state index contributed by atoms with van der Waals surface area (Å²) in [6.45, 7) is 10.3. The Morgan fingerprint density at radius 3 is 1.72 bits per heavy atom. The molecule has 0 saturated heterocycles. The van der Waals surface area contributed by atoms with E-state index in [4.69, 9.17) is 23.7 Å². The van der Waals surface area contributed by atoms with Crippen LogP contribution >= 0.6 is 0 Å². The predicted molar refractivity (Wildman–Crippen MR) is 118 cm³/mol. The maximum atomic E-state index is 12.9. The van der Waals surface area contributed by atoms with Gasteiger partial charge < -0.3 is 28.6 Å². The van der Waals surface area contributed by atoms with Gasteiger partial charge in [0.25, 0.3) is 5.79 Å². The van der Waals surface area contributed by atoms with E-state index < -0.39 is 35.1 Å². The van der Waals surface area contributed by atoms with Crippen LogP contribution in [0, 0.1) is 0 Å². The lowest BCUT2D eigenvalue weighted by Gasteiger charge is -2.32. The topological polar surface area (TPSA) is 116 Å². The first-order chi connectivity index (χ1) is 14.5. The lowest BCUT2D eigenvalue weighted by Crippen LogP contribution is -2.49. The summed E-state index contributed by atoms with van der Waals surface area (Å²) in [6.07, 6.45) is -1.27. The van der Waals surface area contributed by atoms with Crippen LogP contribution < -0.4 is 0 Å². The Morgan fingerprint density at radius 2 is 1.34 bits per heavy atom. The fourth-order valence-electron chi connectivity index (χ4n) is 2.54. The van der Waals surface area contributed by atoms with E-state index in [0.29, 0.717) is 0 Å². The molecule has 0 spiro atoms. The van der Waals surface area contributed by atoms with Crippen LogP contribution in [0.3, 0.4) is 0 Å². The molecule has 0 aliphatic carbocycles. The van der Waals surface area contributed by atoms with E-state index in [1.54, 1.807) is 55.6 Å². The van der Waals surface area contributed by atoms with Crippen LogP contribution in [0.1, 0.15) is 54.4 Å².